The highest BCUT2D eigenvalue weighted by atomic mass is 32.2. The van der Waals surface area contributed by atoms with E-state index in [9.17, 15) is 9.00 Å². The fourth-order valence-corrected chi connectivity index (χ4v) is 6.82. The van der Waals surface area contributed by atoms with Crippen LogP contribution in [0, 0.1) is 16.7 Å². The third-order valence-corrected chi connectivity index (χ3v) is 9.75. The second-order valence-electron chi connectivity index (χ2n) is 13.4. The molecule has 0 spiro atoms. The Morgan fingerprint density at radius 3 is 2.55 bits per heavy atom. The molecule has 2 amide bonds. The Hall–Kier alpha value is -4.76. The largest absolute Gasteiger partial charge is 0.484 e. The lowest BCUT2D eigenvalue weighted by atomic mass is 9.85. The summed E-state index contributed by atoms with van der Waals surface area (Å²) in [6, 6.07) is 12.8. The van der Waals surface area contributed by atoms with Gasteiger partial charge in [0.25, 0.3) is 0 Å². The van der Waals surface area contributed by atoms with E-state index >= 15 is 0 Å². The van der Waals surface area contributed by atoms with Crippen molar-refractivity contribution in [1.82, 2.24) is 29.9 Å². The highest BCUT2D eigenvalue weighted by Gasteiger charge is 2.31. The molecule has 4 unspecified atom stereocenters. The van der Waals surface area contributed by atoms with Gasteiger partial charge in [0, 0.05) is 36.3 Å². The van der Waals surface area contributed by atoms with Crippen LogP contribution >= 0.6 is 0 Å². The fraction of sp³-hybridized carbons (Fsp3) is 0.472. The van der Waals surface area contributed by atoms with E-state index in [0.29, 0.717) is 36.7 Å². The second-order valence-corrected chi connectivity index (χ2v) is 14.4. The van der Waals surface area contributed by atoms with Crippen molar-refractivity contribution in [3.63, 3.8) is 0 Å². The van der Waals surface area contributed by atoms with E-state index in [-0.39, 0.29) is 54.0 Å². The van der Waals surface area contributed by atoms with E-state index in [1.54, 1.807) is 45.9 Å². The molecule has 3 aromatic rings. The number of piperidine rings is 1. The first-order valence-electron chi connectivity index (χ1n) is 17.4. The van der Waals surface area contributed by atoms with E-state index in [4.69, 9.17) is 25.5 Å². The van der Waals surface area contributed by atoms with Crippen LogP contribution in [0.4, 0.5) is 10.6 Å². The molecule has 1 aliphatic heterocycles. The standard InChI is InChI=1S/C36H50N10O4S/c1-23(2)29(37)21-34(41-33-17-18-44(43-33)19-20-49-51(5)48)42-36(47)40-30-14-15-31(28-12-7-6-11-27(28)30)50-26-13-16-32(38)45(22-26)35(39)46-24(3)9-8-10-25(46)4/h6-7,11-13,16-18,21-25,30-31,38-39H,8-10,14-15,19-20,37H2,1-5H3,(H2,40,41,42,43,47)/t24?,25?,30?,31-,51?/m1/s1. The summed E-state index contributed by atoms with van der Waals surface area (Å²) < 4.78 is 26.1. The van der Waals surface area contributed by atoms with Crippen LogP contribution in [-0.2, 0) is 21.8 Å². The summed E-state index contributed by atoms with van der Waals surface area (Å²) in [5, 5.41) is 27.9. The fourth-order valence-electron chi connectivity index (χ4n) is 6.51. The van der Waals surface area contributed by atoms with Crippen molar-refractivity contribution in [1.29, 1.82) is 10.8 Å². The van der Waals surface area contributed by atoms with Crippen molar-refractivity contribution >= 4 is 34.7 Å². The van der Waals surface area contributed by atoms with Gasteiger partial charge in [-0.25, -0.2) is 14.0 Å². The number of nitrogens with one attached hydrogen (secondary N) is 4. The summed E-state index contributed by atoms with van der Waals surface area (Å²) in [6.07, 6.45) is 10.7. The normalized spacial score (nSPS) is 21.6. The van der Waals surface area contributed by atoms with Crippen LogP contribution in [-0.4, -0.2) is 66.2 Å². The lowest BCUT2D eigenvalue weighted by Crippen LogP contribution is -2.51. The number of nitrogens with zero attached hydrogens (tertiary/aromatic N) is 5. The van der Waals surface area contributed by atoms with Crippen LogP contribution in [0.2, 0.25) is 0 Å². The number of allylic oxidation sites excluding steroid dienone is 1. The number of amides is 2. The number of nitrogens with two attached hydrogens (primary N) is 1. The predicted molar refractivity (Wildman–Crippen MR) is 198 cm³/mol. The first-order valence-corrected chi connectivity index (χ1v) is 18.9. The highest BCUT2D eigenvalue weighted by Crippen LogP contribution is 2.38. The molecule has 0 radical (unpaired) electrons. The van der Waals surface area contributed by atoms with Gasteiger partial charge in [-0.15, -0.1) is 0 Å². The topological polar surface area (TPSA) is 189 Å². The number of carbonyl (C=O) groups excluding carboxylic acids is 1. The second kappa shape index (κ2) is 17.0. The van der Waals surface area contributed by atoms with Gasteiger partial charge in [-0.1, -0.05) is 38.1 Å². The van der Waals surface area contributed by atoms with Crippen molar-refractivity contribution in [2.24, 2.45) is 16.6 Å². The maximum Gasteiger partial charge on any atom is 0.320 e. The average Bonchev–Trinajstić information content (AvgIpc) is 3.53. The van der Waals surface area contributed by atoms with Crippen molar-refractivity contribution in [2.75, 3.05) is 12.9 Å². The van der Waals surface area contributed by atoms with Gasteiger partial charge >= 0.3 is 6.03 Å². The molecular weight excluding hydrogens is 669 g/mol. The number of rotatable bonds is 10. The SMILES string of the molecule is CC(C)C(N)=CC(=Nc1ccn(CCOS(C)=O)n1)NC(=O)NC1CC[C@@H](Oc2ccc(=N)n(C(=N)N3C(C)CCCC3C)c2)c2ccccc21. The molecule has 5 rings (SSSR count). The number of amidine groups is 1. The quantitative estimate of drug-likeness (QED) is 0.144. The zero-order valence-electron chi connectivity index (χ0n) is 30.0. The number of hydrogen-bond donors (Lipinski definition) is 5. The highest BCUT2D eigenvalue weighted by molar-refractivity contribution is 7.79. The summed E-state index contributed by atoms with van der Waals surface area (Å²) in [5.41, 5.74) is 8.93. The van der Waals surface area contributed by atoms with Crippen molar-refractivity contribution in [2.45, 2.75) is 90.6 Å². The Balaban J connectivity index is 1.29. The van der Waals surface area contributed by atoms with Crippen LogP contribution < -0.4 is 26.6 Å². The van der Waals surface area contributed by atoms with Gasteiger partial charge in [-0.2, -0.15) is 5.10 Å². The van der Waals surface area contributed by atoms with Crippen molar-refractivity contribution in [3.05, 3.63) is 83.2 Å². The molecule has 51 heavy (non-hydrogen) atoms. The molecule has 5 atom stereocenters. The zero-order valence-corrected chi connectivity index (χ0v) is 30.8. The predicted octanol–water partition coefficient (Wildman–Crippen LogP) is 5.00. The van der Waals surface area contributed by atoms with E-state index in [0.717, 1.165) is 30.4 Å². The summed E-state index contributed by atoms with van der Waals surface area (Å²) in [6.45, 7) is 8.80. The maximum absolute atomic E-state index is 13.4. The maximum atomic E-state index is 13.4. The first kappa shape index (κ1) is 37.5. The number of urea groups is 1. The number of aliphatic imine (C=N–C) groups is 1. The lowest BCUT2D eigenvalue weighted by molar-refractivity contribution is 0.169. The minimum Gasteiger partial charge on any atom is -0.484 e. The van der Waals surface area contributed by atoms with Gasteiger partial charge in [0.15, 0.2) is 16.9 Å². The molecule has 1 saturated heterocycles. The lowest BCUT2D eigenvalue weighted by Gasteiger charge is -2.41. The molecule has 2 aromatic heterocycles. The van der Waals surface area contributed by atoms with Gasteiger partial charge < -0.3 is 20.7 Å². The smallest absolute Gasteiger partial charge is 0.320 e. The summed E-state index contributed by atoms with van der Waals surface area (Å²) >= 11 is -1.36. The third kappa shape index (κ3) is 9.73. The molecule has 1 aliphatic carbocycles. The number of aromatic nitrogens is 3. The molecule has 6 N–H and O–H groups in total. The summed E-state index contributed by atoms with van der Waals surface area (Å²) in [4.78, 5) is 20.1. The molecule has 3 heterocycles. The summed E-state index contributed by atoms with van der Waals surface area (Å²) in [5.74, 6) is 1.49. The van der Waals surface area contributed by atoms with Gasteiger partial charge in [-0.3, -0.25) is 29.6 Å². The Bertz CT molecular complexity index is 1840. The van der Waals surface area contributed by atoms with Crippen LogP contribution in [0.5, 0.6) is 5.75 Å². The Morgan fingerprint density at radius 1 is 1.12 bits per heavy atom. The molecule has 15 heteroatoms. The molecule has 0 bridgehead atoms. The Labute approximate surface area is 301 Å². The number of likely N-dealkylation sites (tertiary alicyclic amines) is 1. The number of pyridine rings is 1. The molecule has 1 aromatic carbocycles. The molecule has 0 saturated carbocycles. The molecule has 2 aliphatic rings. The van der Waals surface area contributed by atoms with Gasteiger partial charge in [0.2, 0.25) is 5.96 Å². The van der Waals surface area contributed by atoms with E-state index < -0.39 is 17.1 Å². The van der Waals surface area contributed by atoms with Crippen LogP contribution in [0.25, 0.3) is 0 Å². The minimum atomic E-state index is -1.36. The number of ether oxygens (including phenoxy) is 1. The summed E-state index contributed by atoms with van der Waals surface area (Å²) in [7, 11) is 0. The first-order chi connectivity index (χ1) is 24.4. The third-order valence-electron chi connectivity index (χ3n) is 9.25. The van der Waals surface area contributed by atoms with Crippen molar-refractivity contribution < 1.29 is 17.9 Å². The van der Waals surface area contributed by atoms with Gasteiger partial charge in [-0.05, 0) is 81.2 Å². The zero-order chi connectivity index (χ0) is 36.7. The number of carbonyl (C=O) groups is 1. The van der Waals surface area contributed by atoms with Gasteiger partial charge in [0.1, 0.15) is 23.2 Å². The van der Waals surface area contributed by atoms with Crippen LogP contribution in [0.15, 0.2) is 71.6 Å². The number of hydrogen-bond acceptors (Lipinski definition) is 9. The number of fused-ring (bicyclic) bond motifs is 1. The Morgan fingerprint density at radius 2 is 1.84 bits per heavy atom. The van der Waals surface area contributed by atoms with Crippen LogP contribution in [0.1, 0.15) is 83.1 Å². The monoisotopic (exact) mass is 718 g/mol. The Kier molecular flexibility index (Phi) is 12.5. The van der Waals surface area contributed by atoms with E-state index in [1.807, 2.05) is 38.1 Å². The molecule has 14 nitrogen and oxygen atoms in total. The molecule has 1 fully saturated rings. The van der Waals surface area contributed by atoms with E-state index in [2.05, 4.69) is 39.5 Å². The average molecular weight is 719 g/mol. The molecule has 274 valence electrons. The minimum absolute atomic E-state index is 0.0288. The van der Waals surface area contributed by atoms with Crippen molar-refractivity contribution in [3.8, 4) is 5.75 Å². The van der Waals surface area contributed by atoms with Crippen LogP contribution in [0.3, 0.4) is 0 Å². The number of benzene rings is 1. The molecular formula is C36H50N10O4S. The van der Waals surface area contributed by atoms with Gasteiger partial charge in [0.05, 0.1) is 25.4 Å². The van der Waals surface area contributed by atoms with E-state index in [1.165, 1.54) is 6.26 Å².